The zero-order valence-corrected chi connectivity index (χ0v) is 24.3. The maximum Gasteiger partial charge on any atom is 0.279 e. The Hall–Kier alpha value is -3.98. The first-order valence-corrected chi connectivity index (χ1v) is 14.2. The molecule has 40 heavy (non-hydrogen) atoms. The topological polar surface area (TPSA) is 38.7 Å². The lowest BCUT2D eigenvalue weighted by atomic mass is 9.73. The Morgan fingerprint density at radius 2 is 1.32 bits per heavy atom. The number of benzene rings is 4. The number of rotatable bonds is 2. The van der Waals surface area contributed by atoms with E-state index in [1.165, 1.54) is 5.56 Å². The summed E-state index contributed by atoms with van der Waals surface area (Å²) in [5.41, 5.74) is 6.92. The monoisotopic (exact) mass is 530 g/mol. The van der Waals surface area contributed by atoms with E-state index in [2.05, 4.69) is 108 Å². The van der Waals surface area contributed by atoms with Gasteiger partial charge >= 0.3 is 0 Å². The molecular weight excluding hydrogens is 492 g/mol. The zero-order chi connectivity index (χ0) is 28.3. The van der Waals surface area contributed by atoms with E-state index >= 15 is 0 Å². The molecule has 0 bridgehead atoms. The number of aromatic hydroxyl groups is 1. The lowest BCUT2D eigenvalue weighted by molar-refractivity contribution is -0.159. The molecule has 1 N–H and O–H groups in total. The fourth-order valence-electron chi connectivity index (χ4n) is 6.10. The Morgan fingerprint density at radius 3 is 2.00 bits per heavy atom. The van der Waals surface area contributed by atoms with Gasteiger partial charge in [0.05, 0.1) is 0 Å². The van der Waals surface area contributed by atoms with Crippen molar-refractivity contribution in [1.82, 2.24) is 0 Å². The van der Waals surface area contributed by atoms with Crippen molar-refractivity contribution < 1.29 is 14.6 Å². The predicted octanol–water partition coefficient (Wildman–Crippen LogP) is 9.28. The molecule has 0 unspecified atom stereocenters. The summed E-state index contributed by atoms with van der Waals surface area (Å²) in [4.78, 5) is 0. The normalized spacial score (nSPS) is 20.1. The van der Waals surface area contributed by atoms with Crippen LogP contribution in [0.15, 0.2) is 91.0 Å². The third-order valence-corrected chi connectivity index (χ3v) is 8.18. The van der Waals surface area contributed by atoms with E-state index in [-0.39, 0.29) is 16.7 Å². The number of fused-ring (bicyclic) bond motifs is 3. The van der Waals surface area contributed by atoms with Gasteiger partial charge in [-0.1, -0.05) is 126 Å². The van der Waals surface area contributed by atoms with E-state index in [9.17, 15) is 5.11 Å². The van der Waals surface area contributed by atoms with E-state index in [1.54, 1.807) is 0 Å². The van der Waals surface area contributed by atoms with E-state index < -0.39 is 5.79 Å². The third-order valence-electron chi connectivity index (χ3n) is 8.18. The van der Waals surface area contributed by atoms with Crippen LogP contribution in [0.4, 0.5) is 0 Å². The fourth-order valence-corrected chi connectivity index (χ4v) is 6.10. The minimum atomic E-state index is -1.00. The van der Waals surface area contributed by atoms with Crippen molar-refractivity contribution >= 4 is 11.8 Å². The first-order valence-electron chi connectivity index (χ1n) is 14.2. The maximum atomic E-state index is 11.5. The molecule has 0 radical (unpaired) electrons. The highest BCUT2D eigenvalue weighted by Crippen LogP contribution is 2.54. The molecule has 2 heterocycles. The molecule has 3 heteroatoms. The molecule has 4 aromatic carbocycles. The van der Waals surface area contributed by atoms with Gasteiger partial charge in [0, 0.05) is 29.0 Å². The summed E-state index contributed by atoms with van der Waals surface area (Å²) < 4.78 is 13.8. The number of phenolic OH excluding ortho intramolecular Hbond substituents is 1. The predicted molar refractivity (Wildman–Crippen MR) is 163 cm³/mol. The fraction of sp³-hybridized carbons (Fsp3) is 0.297. The number of phenols is 1. The molecule has 2 atom stereocenters. The van der Waals surface area contributed by atoms with Gasteiger partial charge in [-0.05, 0) is 45.2 Å². The van der Waals surface area contributed by atoms with Crippen LogP contribution in [-0.4, -0.2) is 5.11 Å². The molecule has 0 saturated heterocycles. The van der Waals surface area contributed by atoms with Gasteiger partial charge < -0.3 is 14.6 Å². The maximum absolute atomic E-state index is 11.5. The van der Waals surface area contributed by atoms with Crippen LogP contribution in [0.25, 0.3) is 11.8 Å². The smallest absolute Gasteiger partial charge is 0.279 e. The third kappa shape index (κ3) is 4.48. The highest BCUT2D eigenvalue weighted by atomic mass is 16.7. The number of ether oxygens (including phenoxy) is 2. The SMILES string of the molecule is CC(C)(C)c1cc([C@H]2C[C@]3(OC(c4ccccc4)=Cc4ccccc43)Oc3ccccc32)cc(C(C)(C)C)c1O. The molecule has 0 fully saturated rings. The van der Waals surface area contributed by atoms with Crippen LogP contribution >= 0.6 is 0 Å². The highest BCUT2D eigenvalue weighted by Gasteiger charge is 2.48. The molecule has 4 aromatic rings. The molecule has 2 aliphatic heterocycles. The number of hydrogen-bond acceptors (Lipinski definition) is 3. The quantitative estimate of drug-likeness (QED) is 0.281. The van der Waals surface area contributed by atoms with Gasteiger partial charge in [-0.3, -0.25) is 0 Å². The van der Waals surface area contributed by atoms with Crippen LogP contribution in [0, 0.1) is 0 Å². The summed E-state index contributed by atoms with van der Waals surface area (Å²) >= 11 is 0. The summed E-state index contributed by atoms with van der Waals surface area (Å²) in [6.07, 6.45) is 2.72. The molecule has 0 saturated carbocycles. The Kier molecular flexibility index (Phi) is 6.10. The molecular formula is C37H38O3. The van der Waals surface area contributed by atoms with Crippen molar-refractivity contribution in [2.45, 2.75) is 70.5 Å². The number of hydrogen-bond donors (Lipinski definition) is 1. The Morgan fingerprint density at radius 1 is 0.725 bits per heavy atom. The molecule has 204 valence electrons. The second kappa shape index (κ2) is 9.30. The molecule has 0 aliphatic carbocycles. The van der Waals surface area contributed by atoms with Crippen molar-refractivity contribution in [3.8, 4) is 11.5 Å². The summed E-state index contributed by atoms with van der Waals surface area (Å²) in [6.45, 7) is 13.0. The summed E-state index contributed by atoms with van der Waals surface area (Å²) in [5, 5.41) is 11.5. The van der Waals surface area contributed by atoms with Crippen LogP contribution < -0.4 is 4.74 Å². The minimum absolute atomic E-state index is 0.00377. The zero-order valence-electron chi connectivity index (χ0n) is 24.3. The van der Waals surface area contributed by atoms with Crippen molar-refractivity contribution in [2.75, 3.05) is 0 Å². The second-order valence-corrected chi connectivity index (χ2v) is 13.2. The second-order valence-electron chi connectivity index (χ2n) is 13.2. The first kappa shape index (κ1) is 26.3. The minimum Gasteiger partial charge on any atom is -0.507 e. The summed E-state index contributed by atoms with van der Waals surface area (Å²) in [6, 6.07) is 31.3. The van der Waals surface area contributed by atoms with Crippen LogP contribution in [-0.2, 0) is 21.4 Å². The van der Waals surface area contributed by atoms with E-state index in [1.807, 2.05) is 30.3 Å². The van der Waals surface area contributed by atoms with Crippen LogP contribution in [0.1, 0.15) is 92.8 Å². The van der Waals surface area contributed by atoms with Crippen LogP contribution in [0.2, 0.25) is 0 Å². The Labute approximate surface area is 238 Å². The Bertz CT molecular complexity index is 1570. The van der Waals surface area contributed by atoms with Crippen molar-refractivity contribution in [2.24, 2.45) is 0 Å². The largest absolute Gasteiger partial charge is 0.507 e. The average molecular weight is 531 g/mol. The molecule has 3 nitrogen and oxygen atoms in total. The lowest BCUT2D eigenvalue weighted by Gasteiger charge is -2.45. The van der Waals surface area contributed by atoms with Gasteiger partial charge in [0.1, 0.15) is 17.3 Å². The van der Waals surface area contributed by atoms with Gasteiger partial charge in [-0.15, -0.1) is 0 Å². The standard InChI is InChI=1S/C37H38O3/c1-35(2,3)30-20-26(21-31(34(30)38)36(4,5)6)28-23-37(39-32-19-13-11-17-27(28)32)29-18-12-10-16-25(29)22-33(40-37)24-14-8-7-9-15-24/h7-22,28,38H,23H2,1-6H3/t28-,37-/m1/s1. The van der Waals surface area contributed by atoms with Crippen LogP contribution in [0.5, 0.6) is 11.5 Å². The van der Waals surface area contributed by atoms with Crippen LogP contribution in [0.3, 0.4) is 0 Å². The average Bonchev–Trinajstić information content (AvgIpc) is 2.92. The van der Waals surface area contributed by atoms with Gasteiger partial charge in [0.2, 0.25) is 0 Å². The van der Waals surface area contributed by atoms with Gasteiger partial charge in [0.25, 0.3) is 5.79 Å². The molecule has 6 rings (SSSR count). The highest BCUT2D eigenvalue weighted by molar-refractivity contribution is 5.81. The van der Waals surface area contributed by atoms with Gasteiger partial charge in [-0.25, -0.2) is 0 Å². The molecule has 2 aliphatic rings. The van der Waals surface area contributed by atoms with Crippen molar-refractivity contribution in [3.05, 3.63) is 130 Å². The molecule has 0 amide bonds. The molecule has 0 aromatic heterocycles. The Balaban J connectivity index is 1.57. The van der Waals surface area contributed by atoms with Gasteiger partial charge in [0.15, 0.2) is 0 Å². The van der Waals surface area contributed by atoms with Gasteiger partial charge in [-0.2, -0.15) is 0 Å². The first-order chi connectivity index (χ1) is 19.0. The van der Waals surface area contributed by atoms with E-state index in [4.69, 9.17) is 9.47 Å². The van der Waals surface area contributed by atoms with Crippen molar-refractivity contribution in [3.63, 3.8) is 0 Å². The van der Waals surface area contributed by atoms with Crippen molar-refractivity contribution in [1.29, 1.82) is 0 Å². The summed E-state index contributed by atoms with van der Waals surface area (Å²) in [5.74, 6) is 1.01. The number of para-hydroxylation sites is 1. The molecule has 1 spiro atoms. The van der Waals surface area contributed by atoms with E-state index in [0.717, 1.165) is 44.9 Å². The lowest BCUT2D eigenvalue weighted by Crippen LogP contribution is -2.43. The summed E-state index contributed by atoms with van der Waals surface area (Å²) in [7, 11) is 0. The van der Waals surface area contributed by atoms with E-state index in [0.29, 0.717) is 12.2 Å².